The number of alkyl halides is 1. The van der Waals surface area contributed by atoms with E-state index in [-0.39, 0.29) is 11.3 Å². The molecule has 0 fully saturated rings. The lowest BCUT2D eigenvalue weighted by atomic mass is 10.3. The molecule has 22 heavy (non-hydrogen) atoms. The molecule has 2 rings (SSSR count). The van der Waals surface area contributed by atoms with Gasteiger partial charge in [0.15, 0.2) is 5.76 Å². The van der Waals surface area contributed by atoms with Gasteiger partial charge in [-0.3, -0.25) is 4.79 Å². The SMILES string of the molecule is CC(Cl)c1ccc(C(=O)N(C)CCCOc2ccccc2)o1. The number of carbonyl (C=O) groups excluding carboxylic acids is 1. The van der Waals surface area contributed by atoms with Gasteiger partial charge in [0.1, 0.15) is 11.5 Å². The fraction of sp³-hybridized carbons (Fsp3) is 0.353. The first-order chi connectivity index (χ1) is 10.6. The number of ether oxygens (including phenoxy) is 1. The van der Waals surface area contributed by atoms with Crippen LogP contribution in [0, 0.1) is 0 Å². The van der Waals surface area contributed by atoms with Gasteiger partial charge in [-0.2, -0.15) is 0 Å². The molecule has 0 N–H and O–H groups in total. The number of carbonyl (C=O) groups is 1. The van der Waals surface area contributed by atoms with Gasteiger partial charge in [-0.15, -0.1) is 11.6 Å². The highest BCUT2D eigenvalue weighted by atomic mass is 35.5. The molecule has 1 unspecified atom stereocenters. The Hall–Kier alpha value is -1.94. The Kier molecular flexibility index (Phi) is 5.90. The van der Waals surface area contributed by atoms with Gasteiger partial charge in [-0.1, -0.05) is 18.2 Å². The fourth-order valence-electron chi connectivity index (χ4n) is 1.98. The van der Waals surface area contributed by atoms with E-state index in [4.69, 9.17) is 20.8 Å². The molecule has 0 saturated heterocycles. The molecule has 0 spiro atoms. The quantitative estimate of drug-likeness (QED) is 0.569. The van der Waals surface area contributed by atoms with Gasteiger partial charge in [0, 0.05) is 13.6 Å². The highest BCUT2D eigenvalue weighted by molar-refractivity contribution is 6.20. The van der Waals surface area contributed by atoms with Crippen LogP contribution in [0.4, 0.5) is 0 Å². The summed E-state index contributed by atoms with van der Waals surface area (Å²) < 4.78 is 11.0. The Balaban J connectivity index is 1.76. The summed E-state index contributed by atoms with van der Waals surface area (Å²) in [7, 11) is 1.75. The van der Waals surface area contributed by atoms with Crippen LogP contribution >= 0.6 is 11.6 Å². The Morgan fingerprint density at radius 2 is 2.00 bits per heavy atom. The predicted octanol–water partition coefficient (Wildman–Crippen LogP) is 4.12. The largest absolute Gasteiger partial charge is 0.494 e. The third-order valence-electron chi connectivity index (χ3n) is 3.23. The smallest absolute Gasteiger partial charge is 0.289 e. The van der Waals surface area contributed by atoms with Gasteiger partial charge >= 0.3 is 0 Å². The maximum Gasteiger partial charge on any atom is 0.289 e. The Bertz CT molecular complexity index is 595. The van der Waals surface area contributed by atoms with Crippen LogP contribution < -0.4 is 4.74 Å². The van der Waals surface area contributed by atoms with Crippen molar-refractivity contribution >= 4 is 17.5 Å². The molecule has 1 amide bonds. The Morgan fingerprint density at radius 3 is 2.64 bits per heavy atom. The van der Waals surface area contributed by atoms with Crippen molar-refractivity contribution in [3.05, 3.63) is 54.0 Å². The number of hydrogen-bond donors (Lipinski definition) is 0. The zero-order chi connectivity index (χ0) is 15.9. The van der Waals surface area contributed by atoms with Crippen molar-refractivity contribution < 1.29 is 13.9 Å². The zero-order valence-electron chi connectivity index (χ0n) is 12.8. The third-order valence-corrected chi connectivity index (χ3v) is 3.44. The summed E-state index contributed by atoms with van der Waals surface area (Å²) in [6, 6.07) is 13.0. The van der Waals surface area contributed by atoms with Gasteiger partial charge in [0.25, 0.3) is 5.91 Å². The van der Waals surface area contributed by atoms with Gasteiger partial charge < -0.3 is 14.1 Å². The molecule has 0 saturated carbocycles. The van der Waals surface area contributed by atoms with Crippen molar-refractivity contribution in [2.24, 2.45) is 0 Å². The van der Waals surface area contributed by atoms with E-state index < -0.39 is 0 Å². The second-order valence-corrected chi connectivity index (χ2v) is 5.71. The van der Waals surface area contributed by atoms with Gasteiger partial charge in [0.05, 0.1) is 12.0 Å². The molecule has 1 atom stereocenters. The van der Waals surface area contributed by atoms with E-state index in [2.05, 4.69) is 0 Å². The van der Waals surface area contributed by atoms with Gasteiger partial charge in [0.2, 0.25) is 0 Å². The van der Waals surface area contributed by atoms with Crippen LogP contribution in [0.25, 0.3) is 0 Å². The molecule has 0 aliphatic heterocycles. The Labute approximate surface area is 135 Å². The zero-order valence-corrected chi connectivity index (χ0v) is 13.5. The van der Waals surface area contributed by atoms with Crippen LogP contribution in [0.5, 0.6) is 5.75 Å². The van der Waals surface area contributed by atoms with Crippen LogP contribution in [0.2, 0.25) is 0 Å². The number of para-hydroxylation sites is 1. The van der Waals surface area contributed by atoms with E-state index in [1.165, 1.54) is 0 Å². The predicted molar refractivity (Wildman–Crippen MR) is 86.5 cm³/mol. The van der Waals surface area contributed by atoms with Crippen molar-refractivity contribution in [2.45, 2.75) is 18.7 Å². The van der Waals surface area contributed by atoms with Crippen molar-refractivity contribution in [3.8, 4) is 5.75 Å². The number of halogens is 1. The molecule has 0 aliphatic rings. The van der Waals surface area contributed by atoms with E-state index in [1.807, 2.05) is 30.3 Å². The van der Waals surface area contributed by atoms with E-state index in [0.717, 1.165) is 12.2 Å². The summed E-state index contributed by atoms with van der Waals surface area (Å²) in [4.78, 5) is 13.8. The normalized spacial score (nSPS) is 12.0. The fourth-order valence-corrected chi connectivity index (χ4v) is 2.10. The Morgan fingerprint density at radius 1 is 1.27 bits per heavy atom. The summed E-state index contributed by atoms with van der Waals surface area (Å²) in [5, 5.41) is -0.244. The molecule has 2 aromatic rings. The van der Waals surface area contributed by atoms with Crippen LogP contribution in [0.15, 0.2) is 46.9 Å². The molecule has 0 radical (unpaired) electrons. The van der Waals surface area contributed by atoms with Crippen LogP contribution in [-0.4, -0.2) is 31.0 Å². The molecular weight excluding hydrogens is 302 g/mol. The second-order valence-electron chi connectivity index (χ2n) is 5.06. The summed E-state index contributed by atoms with van der Waals surface area (Å²) in [6.07, 6.45) is 0.747. The third kappa shape index (κ3) is 4.53. The van der Waals surface area contributed by atoms with E-state index in [9.17, 15) is 4.79 Å². The van der Waals surface area contributed by atoms with E-state index in [1.54, 1.807) is 31.0 Å². The maximum atomic E-state index is 12.2. The lowest BCUT2D eigenvalue weighted by Gasteiger charge is -2.16. The number of furan rings is 1. The molecule has 0 aliphatic carbocycles. The van der Waals surface area contributed by atoms with Crippen molar-refractivity contribution in [1.29, 1.82) is 0 Å². The molecule has 5 heteroatoms. The summed E-state index contributed by atoms with van der Waals surface area (Å²) in [5.41, 5.74) is 0. The van der Waals surface area contributed by atoms with Crippen molar-refractivity contribution in [1.82, 2.24) is 4.90 Å². The minimum Gasteiger partial charge on any atom is -0.494 e. The molecule has 1 heterocycles. The van der Waals surface area contributed by atoms with Crippen LogP contribution in [-0.2, 0) is 0 Å². The average Bonchev–Trinajstić information content (AvgIpc) is 3.02. The highest BCUT2D eigenvalue weighted by Crippen LogP contribution is 2.22. The summed E-state index contributed by atoms with van der Waals surface area (Å²) in [5.74, 6) is 1.60. The summed E-state index contributed by atoms with van der Waals surface area (Å²) in [6.45, 7) is 2.96. The standard InChI is InChI=1S/C17H20ClNO3/c1-13(18)15-9-10-16(22-15)17(20)19(2)11-6-12-21-14-7-4-3-5-8-14/h3-5,7-10,13H,6,11-12H2,1-2H3. The number of nitrogens with zero attached hydrogens (tertiary/aromatic N) is 1. The van der Waals surface area contributed by atoms with Crippen LogP contribution in [0.3, 0.4) is 0 Å². The van der Waals surface area contributed by atoms with Crippen molar-refractivity contribution in [3.63, 3.8) is 0 Å². The first kappa shape index (κ1) is 16.4. The van der Waals surface area contributed by atoms with Crippen LogP contribution in [0.1, 0.15) is 35.0 Å². The lowest BCUT2D eigenvalue weighted by molar-refractivity contribution is 0.0754. The van der Waals surface area contributed by atoms with Gasteiger partial charge in [-0.25, -0.2) is 0 Å². The first-order valence-electron chi connectivity index (χ1n) is 7.25. The van der Waals surface area contributed by atoms with E-state index >= 15 is 0 Å². The molecule has 118 valence electrons. The minimum absolute atomic E-state index is 0.150. The van der Waals surface area contributed by atoms with Crippen molar-refractivity contribution in [2.75, 3.05) is 20.2 Å². The highest BCUT2D eigenvalue weighted by Gasteiger charge is 2.17. The van der Waals surface area contributed by atoms with Gasteiger partial charge in [-0.05, 0) is 37.6 Å². The second kappa shape index (κ2) is 7.90. The monoisotopic (exact) mass is 321 g/mol. The minimum atomic E-state index is -0.244. The van der Waals surface area contributed by atoms with E-state index in [0.29, 0.717) is 24.7 Å². The molecule has 4 nitrogen and oxygen atoms in total. The lowest BCUT2D eigenvalue weighted by Crippen LogP contribution is -2.28. The number of rotatable bonds is 7. The molecule has 1 aromatic heterocycles. The topological polar surface area (TPSA) is 42.7 Å². The maximum absolute atomic E-state index is 12.2. The molecule has 0 bridgehead atoms. The number of hydrogen-bond acceptors (Lipinski definition) is 3. The molecular formula is C17H20ClNO3. The average molecular weight is 322 g/mol. The summed E-state index contributed by atoms with van der Waals surface area (Å²) >= 11 is 5.93. The number of amides is 1. The molecule has 1 aromatic carbocycles. The number of benzene rings is 1. The first-order valence-corrected chi connectivity index (χ1v) is 7.68.